The van der Waals surface area contributed by atoms with Gasteiger partial charge in [0.15, 0.2) is 0 Å². The second-order valence-electron chi connectivity index (χ2n) is 5.25. The molecule has 20 heavy (non-hydrogen) atoms. The molecule has 1 atom stereocenters. The summed E-state index contributed by atoms with van der Waals surface area (Å²) in [5.74, 6) is 0.0222. The summed E-state index contributed by atoms with van der Waals surface area (Å²) < 4.78 is 0. The van der Waals surface area contributed by atoms with Gasteiger partial charge < -0.3 is 5.73 Å². The fourth-order valence-corrected chi connectivity index (χ4v) is 2.46. The van der Waals surface area contributed by atoms with Crippen molar-refractivity contribution in [1.82, 2.24) is 0 Å². The van der Waals surface area contributed by atoms with E-state index in [-0.39, 0.29) is 11.8 Å². The van der Waals surface area contributed by atoms with Gasteiger partial charge in [0.05, 0.1) is 0 Å². The highest BCUT2D eigenvalue weighted by Crippen LogP contribution is 2.30. The second-order valence-corrected chi connectivity index (χ2v) is 5.25. The SMILES string of the molecule is CC(CCC(c1ccccc1)c1ccccc1)C(N)=O. The number of amides is 1. The van der Waals surface area contributed by atoms with Gasteiger partial charge in [-0.3, -0.25) is 4.79 Å². The Morgan fingerprint density at radius 3 is 1.75 bits per heavy atom. The number of nitrogens with two attached hydrogens (primary N) is 1. The molecule has 0 aliphatic rings. The Hall–Kier alpha value is -2.09. The molecule has 2 rings (SSSR count). The second kappa shape index (κ2) is 6.90. The predicted octanol–water partition coefficient (Wildman–Crippen LogP) is 3.72. The highest BCUT2D eigenvalue weighted by molar-refractivity contribution is 5.76. The average Bonchev–Trinajstić information content (AvgIpc) is 2.49. The van der Waals surface area contributed by atoms with Crippen LogP contribution in [0.4, 0.5) is 0 Å². The quantitative estimate of drug-likeness (QED) is 0.851. The maximum atomic E-state index is 11.2. The number of hydrogen-bond donors (Lipinski definition) is 1. The number of primary amides is 1. The molecule has 0 fully saturated rings. The van der Waals surface area contributed by atoms with Crippen molar-refractivity contribution in [3.05, 3.63) is 71.8 Å². The maximum Gasteiger partial charge on any atom is 0.220 e. The van der Waals surface area contributed by atoms with Crippen molar-refractivity contribution < 1.29 is 4.79 Å². The molecule has 104 valence electrons. The van der Waals surface area contributed by atoms with Gasteiger partial charge in [0.1, 0.15) is 0 Å². The summed E-state index contributed by atoms with van der Waals surface area (Å²) in [7, 11) is 0. The first kappa shape index (κ1) is 14.3. The Kier molecular flexibility index (Phi) is 4.94. The standard InChI is InChI=1S/C18H21NO/c1-14(18(19)20)12-13-17(15-8-4-2-5-9-15)16-10-6-3-7-11-16/h2-11,14,17H,12-13H2,1H3,(H2,19,20). The molecule has 0 saturated heterocycles. The molecule has 0 saturated carbocycles. The van der Waals surface area contributed by atoms with Crippen LogP contribution in [-0.4, -0.2) is 5.91 Å². The minimum absolute atomic E-state index is 0.0788. The molecule has 0 spiro atoms. The van der Waals surface area contributed by atoms with E-state index in [4.69, 9.17) is 5.73 Å². The van der Waals surface area contributed by atoms with Gasteiger partial charge in [-0.25, -0.2) is 0 Å². The highest BCUT2D eigenvalue weighted by Gasteiger charge is 2.17. The van der Waals surface area contributed by atoms with Crippen LogP contribution >= 0.6 is 0 Å². The van der Waals surface area contributed by atoms with E-state index >= 15 is 0 Å². The van der Waals surface area contributed by atoms with Crippen LogP contribution in [0.25, 0.3) is 0 Å². The summed E-state index contributed by atoms with van der Waals surface area (Å²) in [6.45, 7) is 1.90. The van der Waals surface area contributed by atoms with E-state index in [9.17, 15) is 4.79 Å². The lowest BCUT2D eigenvalue weighted by Crippen LogP contribution is -2.21. The van der Waals surface area contributed by atoms with Crippen molar-refractivity contribution >= 4 is 5.91 Å². The zero-order valence-corrected chi connectivity index (χ0v) is 11.8. The Morgan fingerprint density at radius 1 is 0.900 bits per heavy atom. The van der Waals surface area contributed by atoms with E-state index in [1.54, 1.807) is 0 Å². The maximum absolute atomic E-state index is 11.2. The van der Waals surface area contributed by atoms with Crippen molar-refractivity contribution in [3.63, 3.8) is 0 Å². The summed E-state index contributed by atoms with van der Waals surface area (Å²) in [6, 6.07) is 20.9. The van der Waals surface area contributed by atoms with Crippen LogP contribution in [0.15, 0.2) is 60.7 Å². The van der Waals surface area contributed by atoms with Crippen molar-refractivity contribution in [1.29, 1.82) is 0 Å². The average molecular weight is 267 g/mol. The van der Waals surface area contributed by atoms with Crippen molar-refractivity contribution in [2.45, 2.75) is 25.7 Å². The lowest BCUT2D eigenvalue weighted by atomic mass is 9.85. The van der Waals surface area contributed by atoms with E-state index in [0.717, 1.165) is 12.8 Å². The molecule has 0 bridgehead atoms. The van der Waals surface area contributed by atoms with Gasteiger partial charge in [-0.05, 0) is 24.0 Å². The minimum Gasteiger partial charge on any atom is -0.369 e. The fourth-order valence-electron chi connectivity index (χ4n) is 2.46. The van der Waals surface area contributed by atoms with Crippen LogP contribution in [0.3, 0.4) is 0 Å². The Morgan fingerprint density at radius 2 is 1.35 bits per heavy atom. The fraction of sp³-hybridized carbons (Fsp3) is 0.278. The number of benzene rings is 2. The molecule has 0 radical (unpaired) electrons. The largest absolute Gasteiger partial charge is 0.369 e. The van der Waals surface area contributed by atoms with E-state index in [0.29, 0.717) is 5.92 Å². The molecular formula is C18H21NO. The highest BCUT2D eigenvalue weighted by atomic mass is 16.1. The summed E-state index contributed by atoms with van der Waals surface area (Å²) in [4.78, 5) is 11.2. The van der Waals surface area contributed by atoms with Gasteiger partial charge in [-0.1, -0.05) is 67.6 Å². The molecule has 2 heteroatoms. The number of carbonyl (C=O) groups excluding carboxylic acids is 1. The van der Waals surface area contributed by atoms with Crippen LogP contribution in [-0.2, 0) is 4.79 Å². The summed E-state index contributed by atoms with van der Waals surface area (Å²) in [5, 5.41) is 0. The third kappa shape index (κ3) is 3.70. The van der Waals surface area contributed by atoms with Crippen LogP contribution in [0.1, 0.15) is 36.8 Å². The van der Waals surface area contributed by atoms with Crippen LogP contribution in [0.5, 0.6) is 0 Å². The number of carbonyl (C=O) groups is 1. The molecule has 0 aliphatic heterocycles. The summed E-state index contributed by atoms with van der Waals surface area (Å²) >= 11 is 0. The van der Waals surface area contributed by atoms with Crippen molar-refractivity contribution in [3.8, 4) is 0 Å². The van der Waals surface area contributed by atoms with Crippen LogP contribution in [0, 0.1) is 5.92 Å². The minimum atomic E-state index is -0.218. The first-order valence-corrected chi connectivity index (χ1v) is 7.07. The first-order chi connectivity index (χ1) is 9.68. The van der Waals surface area contributed by atoms with Gasteiger partial charge in [0.25, 0.3) is 0 Å². The van der Waals surface area contributed by atoms with Crippen molar-refractivity contribution in [2.75, 3.05) is 0 Å². The molecule has 0 aromatic heterocycles. The van der Waals surface area contributed by atoms with Gasteiger partial charge in [-0.2, -0.15) is 0 Å². The van der Waals surface area contributed by atoms with E-state index in [2.05, 4.69) is 48.5 Å². The number of rotatable bonds is 6. The molecule has 2 N–H and O–H groups in total. The third-order valence-corrected chi connectivity index (χ3v) is 3.78. The van der Waals surface area contributed by atoms with Crippen LogP contribution in [0.2, 0.25) is 0 Å². The zero-order chi connectivity index (χ0) is 14.4. The zero-order valence-electron chi connectivity index (χ0n) is 11.8. The monoisotopic (exact) mass is 267 g/mol. The smallest absolute Gasteiger partial charge is 0.220 e. The lowest BCUT2D eigenvalue weighted by molar-refractivity contribution is -0.121. The van der Waals surface area contributed by atoms with E-state index < -0.39 is 0 Å². The molecule has 0 aliphatic carbocycles. The van der Waals surface area contributed by atoms with Gasteiger partial charge >= 0.3 is 0 Å². The van der Waals surface area contributed by atoms with Crippen molar-refractivity contribution in [2.24, 2.45) is 11.7 Å². The van der Waals surface area contributed by atoms with E-state index in [1.165, 1.54) is 11.1 Å². The van der Waals surface area contributed by atoms with Gasteiger partial charge in [0.2, 0.25) is 5.91 Å². The first-order valence-electron chi connectivity index (χ1n) is 7.07. The molecular weight excluding hydrogens is 246 g/mol. The Balaban J connectivity index is 2.19. The van der Waals surface area contributed by atoms with Crippen LogP contribution < -0.4 is 5.73 Å². The molecule has 2 aromatic rings. The normalized spacial score (nSPS) is 12.3. The molecule has 0 heterocycles. The molecule has 1 amide bonds. The molecule has 1 unspecified atom stereocenters. The Bertz CT molecular complexity index is 496. The predicted molar refractivity (Wildman–Crippen MR) is 82.3 cm³/mol. The lowest BCUT2D eigenvalue weighted by Gasteiger charge is -2.19. The summed E-state index contributed by atoms with van der Waals surface area (Å²) in [5.41, 5.74) is 7.94. The molecule has 2 aromatic carbocycles. The summed E-state index contributed by atoms with van der Waals surface area (Å²) in [6.07, 6.45) is 1.74. The topological polar surface area (TPSA) is 43.1 Å². The van der Waals surface area contributed by atoms with E-state index in [1.807, 2.05) is 19.1 Å². The Labute approximate surface area is 120 Å². The van der Waals surface area contributed by atoms with Gasteiger partial charge in [-0.15, -0.1) is 0 Å². The van der Waals surface area contributed by atoms with Gasteiger partial charge in [0, 0.05) is 11.8 Å². The third-order valence-electron chi connectivity index (χ3n) is 3.78. The molecule has 2 nitrogen and oxygen atoms in total. The number of hydrogen-bond acceptors (Lipinski definition) is 1.